The summed E-state index contributed by atoms with van der Waals surface area (Å²) < 4.78 is 24.2. The van der Waals surface area contributed by atoms with E-state index in [0.717, 1.165) is 19.5 Å². The van der Waals surface area contributed by atoms with Crippen molar-refractivity contribution in [2.75, 3.05) is 29.5 Å². The van der Waals surface area contributed by atoms with E-state index < -0.39 is 10.0 Å². The number of benzene rings is 1. The predicted molar refractivity (Wildman–Crippen MR) is 117 cm³/mol. The number of anilines is 4. The van der Waals surface area contributed by atoms with Gasteiger partial charge in [-0.1, -0.05) is 6.92 Å². The van der Waals surface area contributed by atoms with Gasteiger partial charge in [0.2, 0.25) is 21.9 Å². The Morgan fingerprint density at radius 2 is 2.00 bits per heavy atom. The zero-order valence-corrected chi connectivity index (χ0v) is 17.7. The van der Waals surface area contributed by atoms with Crippen molar-refractivity contribution in [2.45, 2.75) is 30.7 Å². The maximum Gasteiger partial charge on any atom is 0.248 e. The average Bonchev–Trinajstić information content (AvgIpc) is 3.37. The average molecular weight is 445 g/mol. The summed E-state index contributed by atoms with van der Waals surface area (Å²) in [5.41, 5.74) is 6.66. The van der Waals surface area contributed by atoms with Crippen LogP contribution in [0.1, 0.15) is 19.2 Å². The minimum atomic E-state index is -3.76. The Balaban J connectivity index is 1.58. The molecule has 1 atom stereocenters. The number of nitrogens with one attached hydrogen (secondary N) is 3. The van der Waals surface area contributed by atoms with Gasteiger partial charge in [-0.25, -0.2) is 23.5 Å². The van der Waals surface area contributed by atoms with Crippen LogP contribution in [-0.4, -0.2) is 52.3 Å². The minimum Gasteiger partial charge on any atom is -0.368 e. The molecule has 0 aliphatic carbocycles. The Labute approximate surface area is 179 Å². The van der Waals surface area contributed by atoms with Gasteiger partial charge in [-0.15, -0.1) is 5.10 Å². The van der Waals surface area contributed by atoms with Crippen LogP contribution in [0.15, 0.2) is 35.2 Å². The molecule has 0 saturated carbocycles. The fourth-order valence-corrected chi connectivity index (χ4v) is 3.73. The molecule has 1 unspecified atom stereocenters. The highest BCUT2D eigenvalue weighted by Crippen LogP contribution is 2.20. The third-order valence-corrected chi connectivity index (χ3v) is 5.70. The molecule has 12 nitrogen and oxygen atoms in total. The third kappa shape index (κ3) is 4.90. The first-order chi connectivity index (χ1) is 14.8. The second-order valence-electron chi connectivity index (χ2n) is 7.12. The van der Waals surface area contributed by atoms with Gasteiger partial charge in [-0.05, 0) is 37.2 Å². The maximum atomic E-state index is 11.4. The normalized spacial score (nSPS) is 16.4. The van der Waals surface area contributed by atoms with E-state index in [1.807, 2.05) is 6.92 Å². The van der Waals surface area contributed by atoms with Gasteiger partial charge in [0.25, 0.3) is 0 Å². The van der Waals surface area contributed by atoms with E-state index in [0.29, 0.717) is 35.6 Å². The van der Waals surface area contributed by atoms with E-state index in [-0.39, 0.29) is 16.8 Å². The standard InChI is InChI=1S/C18H24N10O2S/c1-2-14-24-15(22-12-7-8-21-10-12)9-16(25-14)28-17(19)26-18(27-28)23-11-3-5-13(6-4-11)31(20,29)30/h3-6,9,12,21H,2,7-8,10H2,1H3,(H2,20,29,30)(H,22,24,25)(H3,19,23,26,27). The highest BCUT2D eigenvalue weighted by atomic mass is 32.2. The van der Waals surface area contributed by atoms with E-state index in [1.54, 1.807) is 18.2 Å². The lowest BCUT2D eigenvalue weighted by Crippen LogP contribution is -2.23. The first kappa shape index (κ1) is 21.0. The van der Waals surface area contributed by atoms with Gasteiger partial charge in [0.1, 0.15) is 11.6 Å². The quantitative estimate of drug-likeness (QED) is 0.342. The third-order valence-electron chi connectivity index (χ3n) is 4.78. The lowest BCUT2D eigenvalue weighted by Gasteiger charge is -2.14. The largest absolute Gasteiger partial charge is 0.368 e. The Bertz CT molecular complexity index is 1170. The molecule has 1 aliphatic heterocycles. The minimum absolute atomic E-state index is 0.0154. The molecule has 1 aromatic carbocycles. The SMILES string of the molecule is CCc1nc(NC2CCNC2)cc(-n2nc(Nc3ccc(S(N)(=O)=O)cc3)nc2N)n1. The second-order valence-corrected chi connectivity index (χ2v) is 8.68. The van der Waals surface area contributed by atoms with Crippen LogP contribution >= 0.6 is 0 Å². The molecule has 3 aromatic rings. The summed E-state index contributed by atoms with van der Waals surface area (Å²) in [6.07, 6.45) is 1.67. The summed E-state index contributed by atoms with van der Waals surface area (Å²) in [6.45, 7) is 3.83. The summed E-state index contributed by atoms with van der Waals surface area (Å²) in [7, 11) is -3.76. The molecule has 7 N–H and O–H groups in total. The van der Waals surface area contributed by atoms with Crippen molar-refractivity contribution >= 4 is 33.4 Å². The second kappa shape index (κ2) is 8.45. The van der Waals surface area contributed by atoms with Crippen LogP contribution < -0.4 is 26.8 Å². The van der Waals surface area contributed by atoms with Crippen LogP contribution in [0.3, 0.4) is 0 Å². The van der Waals surface area contributed by atoms with Gasteiger partial charge in [-0.2, -0.15) is 9.67 Å². The van der Waals surface area contributed by atoms with Gasteiger partial charge >= 0.3 is 0 Å². The van der Waals surface area contributed by atoms with Crippen LogP contribution in [0.25, 0.3) is 5.82 Å². The van der Waals surface area contributed by atoms with E-state index in [1.165, 1.54) is 16.8 Å². The fraction of sp³-hybridized carbons (Fsp3) is 0.333. The van der Waals surface area contributed by atoms with Crippen LogP contribution in [0, 0.1) is 0 Å². The predicted octanol–water partition coefficient (Wildman–Crippen LogP) is 0.367. The number of aromatic nitrogens is 5. The molecule has 1 aliphatic rings. The van der Waals surface area contributed by atoms with Gasteiger partial charge < -0.3 is 21.7 Å². The number of aryl methyl sites for hydroxylation is 1. The molecule has 0 bridgehead atoms. The monoisotopic (exact) mass is 444 g/mol. The molecule has 13 heteroatoms. The fourth-order valence-electron chi connectivity index (χ4n) is 3.21. The zero-order chi connectivity index (χ0) is 22.0. The highest BCUT2D eigenvalue weighted by molar-refractivity contribution is 7.89. The lowest BCUT2D eigenvalue weighted by atomic mass is 10.2. The van der Waals surface area contributed by atoms with Gasteiger partial charge in [0.15, 0.2) is 5.82 Å². The molecular formula is C18H24N10O2S. The first-order valence-corrected chi connectivity index (χ1v) is 11.3. The van der Waals surface area contributed by atoms with Crippen molar-refractivity contribution in [3.05, 3.63) is 36.2 Å². The molecule has 3 heterocycles. The van der Waals surface area contributed by atoms with Crippen LogP contribution in [-0.2, 0) is 16.4 Å². The summed E-state index contributed by atoms with van der Waals surface area (Å²) in [5, 5.41) is 19.2. The van der Waals surface area contributed by atoms with Crippen molar-refractivity contribution in [1.29, 1.82) is 0 Å². The first-order valence-electron chi connectivity index (χ1n) is 9.80. The van der Waals surface area contributed by atoms with Crippen LogP contribution in [0.4, 0.5) is 23.4 Å². The molecule has 31 heavy (non-hydrogen) atoms. The topological polar surface area (TPSA) is 179 Å². The molecule has 164 valence electrons. The number of sulfonamides is 1. The number of hydrogen-bond donors (Lipinski definition) is 5. The molecule has 0 amide bonds. The van der Waals surface area contributed by atoms with Crippen LogP contribution in [0.2, 0.25) is 0 Å². The van der Waals surface area contributed by atoms with E-state index >= 15 is 0 Å². The molecule has 0 spiro atoms. The van der Waals surface area contributed by atoms with Crippen molar-refractivity contribution in [3.8, 4) is 5.82 Å². The van der Waals surface area contributed by atoms with Crippen molar-refractivity contribution < 1.29 is 8.42 Å². The smallest absolute Gasteiger partial charge is 0.248 e. The lowest BCUT2D eigenvalue weighted by molar-refractivity contribution is 0.598. The maximum absolute atomic E-state index is 11.4. The van der Waals surface area contributed by atoms with E-state index in [4.69, 9.17) is 10.9 Å². The van der Waals surface area contributed by atoms with E-state index in [9.17, 15) is 8.42 Å². The molecule has 0 radical (unpaired) electrons. The molecular weight excluding hydrogens is 420 g/mol. The molecule has 2 aromatic heterocycles. The number of nitrogen functional groups attached to an aromatic ring is 1. The Morgan fingerprint density at radius 3 is 2.65 bits per heavy atom. The van der Waals surface area contributed by atoms with Gasteiger partial charge in [-0.3, -0.25) is 0 Å². The van der Waals surface area contributed by atoms with Gasteiger partial charge in [0, 0.05) is 30.8 Å². The van der Waals surface area contributed by atoms with Crippen LogP contribution in [0.5, 0.6) is 0 Å². The molecule has 4 rings (SSSR count). The van der Waals surface area contributed by atoms with E-state index in [2.05, 4.69) is 36.0 Å². The number of nitrogens with zero attached hydrogens (tertiary/aromatic N) is 5. The van der Waals surface area contributed by atoms with Crippen molar-refractivity contribution in [2.24, 2.45) is 5.14 Å². The summed E-state index contributed by atoms with van der Waals surface area (Å²) in [5.74, 6) is 2.26. The Morgan fingerprint density at radius 1 is 1.23 bits per heavy atom. The number of primary sulfonamides is 1. The van der Waals surface area contributed by atoms with Crippen molar-refractivity contribution in [3.63, 3.8) is 0 Å². The number of rotatable bonds is 7. The highest BCUT2D eigenvalue weighted by Gasteiger charge is 2.17. The summed E-state index contributed by atoms with van der Waals surface area (Å²) >= 11 is 0. The number of hydrogen-bond acceptors (Lipinski definition) is 10. The zero-order valence-electron chi connectivity index (χ0n) is 16.9. The summed E-state index contributed by atoms with van der Waals surface area (Å²) in [6, 6.07) is 8.01. The Kier molecular flexibility index (Phi) is 5.71. The van der Waals surface area contributed by atoms with Crippen molar-refractivity contribution in [1.82, 2.24) is 30.0 Å². The Hall–Kier alpha value is -3.29. The molecule has 1 saturated heterocycles. The molecule has 1 fully saturated rings. The number of nitrogens with two attached hydrogens (primary N) is 2. The van der Waals surface area contributed by atoms with Gasteiger partial charge in [0.05, 0.1) is 4.90 Å². The summed E-state index contributed by atoms with van der Waals surface area (Å²) in [4.78, 5) is 13.3.